The summed E-state index contributed by atoms with van der Waals surface area (Å²) >= 11 is 0. The molecule has 6 nitrogen and oxygen atoms in total. The Kier molecular flexibility index (Phi) is 7.25. The summed E-state index contributed by atoms with van der Waals surface area (Å²) in [6.45, 7) is 5.90. The van der Waals surface area contributed by atoms with Crippen LogP contribution < -0.4 is 9.64 Å². The van der Waals surface area contributed by atoms with Crippen LogP contribution in [0.1, 0.15) is 11.1 Å². The van der Waals surface area contributed by atoms with Crippen molar-refractivity contribution >= 4 is 30.8 Å². The predicted octanol–water partition coefficient (Wildman–Crippen LogP) is 2.51. The van der Waals surface area contributed by atoms with Gasteiger partial charge in [0.2, 0.25) is 5.95 Å². The maximum absolute atomic E-state index is 5.48. The number of benzene rings is 1. The third-order valence-corrected chi connectivity index (χ3v) is 4.29. The van der Waals surface area contributed by atoms with Gasteiger partial charge in [-0.1, -0.05) is 6.07 Å². The van der Waals surface area contributed by atoms with Gasteiger partial charge >= 0.3 is 0 Å². The van der Waals surface area contributed by atoms with E-state index in [0.717, 1.165) is 50.0 Å². The molecule has 0 N–H and O–H groups in total. The third-order valence-electron chi connectivity index (χ3n) is 4.29. The highest BCUT2D eigenvalue weighted by Crippen LogP contribution is 2.25. The van der Waals surface area contributed by atoms with Crippen LogP contribution in [0, 0.1) is 0 Å². The Morgan fingerprint density at radius 1 is 1.00 bits per heavy atom. The minimum atomic E-state index is 0. The molecule has 2 aliphatic rings. The van der Waals surface area contributed by atoms with Crippen LogP contribution in [-0.2, 0) is 17.9 Å². The summed E-state index contributed by atoms with van der Waals surface area (Å²) in [6.07, 6.45) is 3.60. The lowest BCUT2D eigenvalue weighted by Crippen LogP contribution is -2.46. The average Bonchev–Trinajstić information content (AvgIpc) is 2.63. The Labute approximate surface area is 160 Å². The molecule has 8 heteroatoms. The van der Waals surface area contributed by atoms with Crippen LogP contribution in [0.3, 0.4) is 0 Å². The van der Waals surface area contributed by atoms with E-state index in [1.807, 2.05) is 6.07 Å². The molecule has 0 bridgehead atoms. The van der Waals surface area contributed by atoms with E-state index in [2.05, 4.69) is 38.0 Å². The first-order valence-electron chi connectivity index (χ1n) is 7.95. The summed E-state index contributed by atoms with van der Waals surface area (Å²) in [5.74, 6) is 1.78. The summed E-state index contributed by atoms with van der Waals surface area (Å²) in [7, 11) is 0. The van der Waals surface area contributed by atoms with Crippen molar-refractivity contribution in [1.82, 2.24) is 14.9 Å². The Balaban J connectivity index is 0.00000113. The first kappa shape index (κ1) is 19.7. The molecular weight excluding hydrogens is 363 g/mol. The zero-order valence-corrected chi connectivity index (χ0v) is 15.5. The van der Waals surface area contributed by atoms with E-state index in [9.17, 15) is 0 Å². The van der Waals surface area contributed by atoms with Crippen molar-refractivity contribution in [3.8, 4) is 5.75 Å². The molecule has 0 atom stereocenters. The highest BCUT2D eigenvalue weighted by atomic mass is 35.5. The number of hydrogen-bond acceptors (Lipinski definition) is 6. The normalized spacial score (nSPS) is 16.9. The lowest BCUT2D eigenvalue weighted by molar-refractivity contribution is -0.0164. The summed E-state index contributed by atoms with van der Waals surface area (Å²) in [4.78, 5) is 13.4. The van der Waals surface area contributed by atoms with Crippen LogP contribution in [0.4, 0.5) is 5.95 Å². The van der Waals surface area contributed by atoms with E-state index in [1.165, 1.54) is 5.56 Å². The fraction of sp³-hybridized carbons (Fsp3) is 0.412. The standard InChI is InChI=1S/C17H20N4O2.2ClH/c1-4-18-17(19-5-1)21-8-6-20(7-9-21)11-14-2-3-16-15(10-14)12-22-13-23-16;;/h1-5,10H,6-9,11-13H2;2*1H. The Hall–Kier alpha value is -1.60. The van der Waals surface area contributed by atoms with Crippen LogP contribution in [-0.4, -0.2) is 47.8 Å². The van der Waals surface area contributed by atoms with Crippen molar-refractivity contribution < 1.29 is 9.47 Å². The minimum absolute atomic E-state index is 0. The molecule has 1 fully saturated rings. The van der Waals surface area contributed by atoms with E-state index in [-0.39, 0.29) is 24.8 Å². The molecule has 0 aliphatic carbocycles. The van der Waals surface area contributed by atoms with Crippen molar-refractivity contribution in [1.29, 1.82) is 0 Å². The lowest BCUT2D eigenvalue weighted by Gasteiger charge is -2.34. The number of halogens is 2. The maximum Gasteiger partial charge on any atom is 0.225 e. The Bertz CT molecular complexity index is 667. The Morgan fingerprint density at radius 3 is 2.52 bits per heavy atom. The van der Waals surface area contributed by atoms with Crippen molar-refractivity contribution in [3.63, 3.8) is 0 Å². The van der Waals surface area contributed by atoms with Crippen LogP contribution in [0.5, 0.6) is 5.75 Å². The van der Waals surface area contributed by atoms with Gasteiger partial charge in [-0.3, -0.25) is 4.90 Å². The van der Waals surface area contributed by atoms with E-state index < -0.39 is 0 Å². The van der Waals surface area contributed by atoms with Gasteiger partial charge in [0.25, 0.3) is 0 Å². The molecule has 136 valence electrons. The first-order valence-corrected chi connectivity index (χ1v) is 7.95. The molecule has 1 aromatic carbocycles. The molecule has 0 amide bonds. The van der Waals surface area contributed by atoms with Gasteiger partial charge in [0.15, 0.2) is 6.79 Å². The number of ether oxygens (including phenoxy) is 2. The molecule has 0 radical (unpaired) electrons. The number of rotatable bonds is 3. The molecule has 0 saturated carbocycles. The largest absolute Gasteiger partial charge is 0.467 e. The number of nitrogens with zero attached hydrogens (tertiary/aromatic N) is 4. The maximum atomic E-state index is 5.48. The molecule has 3 heterocycles. The van der Waals surface area contributed by atoms with Crippen LogP contribution >= 0.6 is 24.8 Å². The van der Waals surface area contributed by atoms with Crippen LogP contribution in [0.2, 0.25) is 0 Å². The highest BCUT2D eigenvalue weighted by molar-refractivity contribution is 5.85. The number of anilines is 1. The van der Waals surface area contributed by atoms with Crippen LogP contribution in [0.15, 0.2) is 36.7 Å². The smallest absolute Gasteiger partial charge is 0.225 e. The predicted molar refractivity (Wildman–Crippen MR) is 101 cm³/mol. The molecule has 2 aromatic rings. The number of aromatic nitrogens is 2. The number of piperazine rings is 1. The molecule has 0 spiro atoms. The molecular formula is C17H22Cl2N4O2. The van der Waals surface area contributed by atoms with Crippen molar-refractivity contribution in [2.45, 2.75) is 13.2 Å². The number of hydrogen-bond donors (Lipinski definition) is 0. The zero-order valence-electron chi connectivity index (χ0n) is 13.8. The minimum Gasteiger partial charge on any atom is -0.467 e. The molecule has 1 aromatic heterocycles. The second-order valence-corrected chi connectivity index (χ2v) is 5.86. The van der Waals surface area contributed by atoms with Crippen molar-refractivity contribution in [2.24, 2.45) is 0 Å². The summed E-state index contributed by atoms with van der Waals surface area (Å²) < 4.78 is 10.8. The number of fused-ring (bicyclic) bond motifs is 1. The van der Waals surface area contributed by atoms with E-state index in [0.29, 0.717) is 13.4 Å². The summed E-state index contributed by atoms with van der Waals surface area (Å²) in [5, 5.41) is 0. The van der Waals surface area contributed by atoms with Gasteiger partial charge in [0.05, 0.1) is 6.61 Å². The molecule has 2 aliphatic heterocycles. The van der Waals surface area contributed by atoms with Gasteiger partial charge < -0.3 is 14.4 Å². The van der Waals surface area contributed by atoms with Gasteiger partial charge in [0, 0.05) is 50.7 Å². The second kappa shape index (κ2) is 9.20. The van der Waals surface area contributed by atoms with Crippen molar-refractivity contribution in [2.75, 3.05) is 37.9 Å². The fourth-order valence-electron chi connectivity index (χ4n) is 3.06. The zero-order chi connectivity index (χ0) is 15.5. The monoisotopic (exact) mass is 384 g/mol. The van der Waals surface area contributed by atoms with E-state index in [4.69, 9.17) is 9.47 Å². The molecule has 4 rings (SSSR count). The van der Waals surface area contributed by atoms with Gasteiger partial charge in [0.1, 0.15) is 5.75 Å². The third kappa shape index (κ3) is 4.73. The lowest BCUT2D eigenvalue weighted by atomic mass is 10.1. The van der Waals surface area contributed by atoms with E-state index in [1.54, 1.807) is 12.4 Å². The molecule has 1 saturated heterocycles. The molecule has 25 heavy (non-hydrogen) atoms. The Morgan fingerprint density at radius 2 is 1.76 bits per heavy atom. The topological polar surface area (TPSA) is 50.7 Å². The van der Waals surface area contributed by atoms with Crippen LogP contribution in [0.25, 0.3) is 0 Å². The van der Waals surface area contributed by atoms with Gasteiger partial charge in [-0.2, -0.15) is 0 Å². The van der Waals surface area contributed by atoms with Gasteiger partial charge in [-0.25, -0.2) is 9.97 Å². The highest BCUT2D eigenvalue weighted by Gasteiger charge is 2.19. The van der Waals surface area contributed by atoms with Gasteiger partial charge in [-0.05, 0) is 23.8 Å². The van der Waals surface area contributed by atoms with Crippen molar-refractivity contribution in [3.05, 3.63) is 47.8 Å². The van der Waals surface area contributed by atoms with E-state index >= 15 is 0 Å². The second-order valence-electron chi connectivity index (χ2n) is 5.86. The SMILES string of the molecule is Cl.Cl.c1cnc(N2CCN(Cc3ccc4c(c3)COCO4)CC2)nc1. The summed E-state index contributed by atoms with van der Waals surface area (Å²) in [6, 6.07) is 8.25. The molecule has 0 unspecified atom stereocenters. The van der Waals surface area contributed by atoms with Gasteiger partial charge in [-0.15, -0.1) is 24.8 Å². The fourth-order valence-corrected chi connectivity index (χ4v) is 3.06. The average molecular weight is 385 g/mol. The first-order chi connectivity index (χ1) is 11.4. The summed E-state index contributed by atoms with van der Waals surface area (Å²) in [5.41, 5.74) is 2.45. The quantitative estimate of drug-likeness (QED) is 0.810.